The van der Waals surface area contributed by atoms with Crippen LogP contribution < -0.4 is 10.1 Å². The Kier molecular flexibility index (Phi) is 5.57. The maximum absolute atomic E-state index is 12.3. The van der Waals surface area contributed by atoms with Gasteiger partial charge in [0.05, 0.1) is 5.69 Å². The lowest BCUT2D eigenvalue weighted by molar-refractivity contribution is 0.248. The fourth-order valence-electron chi connectivity index (χ4n) is 2.34. The Bertz CT molecular complexity index is 972. The van der Waals surface area contributed by atoms with Gasteiger partial charge in [0.1, 0.15) is 0 Å². The minimum Gasteiger partial charge on any atom is -0.332 e. The van der Waals surface area contributed by atoms with Crippen molar-refractivity contribution in [3.8, 4) is 5.69 Å². The van der Waals surface area contributed by atoms with E-state index in [-0.39, 0.29) is 6.03 Å². The van der Waals surface area contributed by atoms with Gasteiger partial charge in [-0.15, -0.1) is 0 Å². The van der Waals surface area contributed by atoms with Gasteiger partial charge >= 0.3 is 6.03 Å². The smallest absolute Gasteiger partial charge is 0.332 e. The molecule has 5 nitrogen and oxygen atoms in total. The van der Waals surface area contributed by atoms with E-state index in [1.807, 2.05) is 76.1 Å². The molecule has 0 atom stereocenters. The van der Waals surface area contributed by atoms with Crippen molar-refractivity contribution in [2.45, 2.75) is 20.0 Å². The molecule has 2 amide bonds. The molecule has 128 valence electrons. The lowest BCUT2D eigenvalue weighted by Gasteiger charge is -2.03. The third kappa shape index (κ3) is 4.12. The summed E-state index contributed by atoms with van der Waals surface area (Å²) in [6.45, 7) is 3.19. The highest BCUT2D eigenvalue weighted by atomic mass is 32.1. The van der Waals surface area contributed by atoms with Crippen molar-refractivity contribution in [1.82, 2.24) is 13.8 Å². The fourth-order valence-corrected chi connectivity index (χ4v) is 3.71. The topological polar surface area (TPSA) is 51.3 Å². The van der Waals surface area contributed by atoms with Gasteiger partial charge in [-0.25, -0.2) is 4.79 Å². The highest BCUT2D eigenvalue weighted by Gasteiger charge is 2.08. The largest absolute Gasteiger partial charge is 0.343 e. The lowest BCUT2D eigenvalue weighted by atomic mass is 10.2. The lowest BCUT2D eigenvalue weighted by Crippen LogP contribution is -2.23. The van der Waals surface area contributed by atoms with E-state index < -0.39 is 0 Å². The number of nitrogens with one attached hydrogen (secondary N) is 1. The van der Waals surface area contributed by atoms with Crippen LogP contribution in [0.5, 0.6) is 0 Å². The van der Waals surface area contributed by atoms with E-state index in [0.29, 0.717) is 16.1 Å². The first-order chi connectivity index (χ1) is 12.2. The van der Waals surface area contributed by atoms with Gasteiger partial charge in [-0.1, -0.05) is 48.5 Å². The molecule has 0 saturated carbocycles. The number of nitrogens with zero attached hydrogens (tertiary/aromatic N) is 3. The van der Waals surface area contributed by atoms with Gasteiger partial charge in [-0.05, 0) is 48.4 Å². The van der Waals surface area contributed by atoms with Crippen molar-refractivity contribution in [3.05, 3.63) is 75.8 Å². The predicted octanol–water partition coefficient (Wildman–Crippen LogP) is 3.90. The summed E-state index contributed by atoms with van der Waals surface area (Å²) < 4.78 is 4.39. The van der Waals surface area contributed by atoms with E-state index in [1.54, 1.807) is 0 Å². The number of carbonyl (C=O) groups is 1. The Hall–Kier alpha value is -2.51. The average molecular weight is 371 g/mol. The van der Waals surface area contributed by atoms with E-state index in [2.05, 4.69) is 10.3 Å². The molecule has 0 aliphatic carbocycles. The van der Waals surface area contributed by atoms with Crippen LogP contribution in [-0.2, 0) is 13.1 Å². The van der Waals surface area contributed by atoms with Gasteiger partial charge in [0.15, 0.2) is 4.77 Å². The van der Waals surface area contributed by atoms with Crippen LogP contribution in [0, 0.1) is 4.77 Å². The number of para-hydroxylation sites is 1. The molecule has 7 heteroatoms. The molecule has 25 heavy (non-hydrogen) atoms. The molecule has 0 fully saturated rings. The average Bonchev–Trinajstić information content (AvgIpc) is 2.96. The number of urea groups is 1. The summed E-state index contributed by atoms with van der Waals surface area (Å²) in [5.74, 6) is 0. The highest BCUT2D eigenvalue weighted by molar-refractivity contribution is 7.71. The monoisotopic (exact) mass is 370 g/mol. The Morgan fingerprint density at radius 2 is 1.76 bits per heavy atom. The summed E-state index contributed by atoms with van der Waals surface area (Å²) in [5, 5.41) is 2.82. The zero-order chi connectivity index (χ0) is 17.6. The second-order valence-corrected chi connectivity index (χ2v) is 6.63. The van der Waals surface area contributed by atoms with Crippen molar-refractivity contribution in [2.75, 3.05) is 0 Å². The summed E-state index contributed by atoms with van der Waals surface area (Å²) >= 11 is 6.91. The van der Waals surface area contributed by atoms with E-state index >= 15 is 0 Å². The van der Waals surface area contributed by atoms with E-state index in [0.717, 1.165) is 17.8 Å². The first-order valence-corrected chi connectivity index (χ1v) is 9.12. The molecule has 3 rings (SSSR count). The fraction of sp³-hybridized carbons (Fsp3) is 0.167. The van der Waals surface area contributed by atoms with Crippen LogP contribution in [0.15, 0.2) is 65.7 Å². The molecule has 0 aliphatic heterocycles. The summed E-state index contributed by atoms with van der Waals surface area (Å²) in [4.78, 5) is 17.0. The number of aryl methyl sites for hydroxylation is 1. The molecule has 3 aromatic rings. The molecule has 1 aromatic heterocycles. The van der Waals surface area contributed by atoms with Crippen LogP contribution in [0.1, 0.15) is 12.5 Å². The molecule has 0 saturated heterocycles. The minimum atomic E-state index is -0.381. The first-order valence-electron chi connectivity index (χ1n) is 7.94. The Balaban J connectivity index is 1.92. The minimum absolute atomic E-state index is 0.381. The number of amides is 2. The molecule has 0 spiro atoms. The number of carbonyl (C=O) groups excluding carboxylic acids is 1. The summed E-state index contributed by atoms with van der Waals surface area (Å²) in [6.07, 6.45) is 0. The zero-order valence-corrected chi connectivity index (χ0v) is 15.4. The molecule has 0 bridgehead atoms. The van der Waals surface area contributed by atoms with Crippen LogP contribution in [0.2, 0.25) is 0 Å². The van der Waals surface area contributed by atoms with Crippen molar-refractivity contribution < 1.29 is 4.79 Å². The van der Waals surface area contributed by atoms with Gasteiger partial charge in [-0.2, -0.15) is 4.99 Å². The molecule has 1 N–H and O–H groups in total. The zero-order valence-electron chi connectivity index (χ0n) is 13.8. The van der Waals surface area contributed by atoms with Gasteiger partial charge in [0.25, 0.3) is 0 Å². The van der Waals surface area contributed by atoms with Crippen molar-refractivity contribution in [3.63, 3.8) is 0 Å². The van der Waals surface area contributed by atoms with Crippen molar-refractivity contribution in [2.24, 2.45) is 4.99 Å². The molecule has 0 radical (unpaired) electrons. The highest BCUT2D eigenvalue weighted by Crippen LogP contribution is 2.08. The third-order valence-corrected chi connectivity index (χ3v) is 5.18. The number of benzene rings is 2. The van der Waals surface area contributed by atoms with Gasteiger partial charge in [0.2, 0.25) is 4.80 Å². The molecule has 0 aliphatic rings. The SMILES string of the molecule is CCn1sc(=NC(=O)NCc2ccccc2)n(-c2ccccc2)c1=S. The molecule has 0 unspecified atom stereocenters. The van der Waals surface area contributed by atoms with E-state index in [1.165, 1.54) is 11.5 Å². The van der Waals surface area contributed by atoms with Crippen LogP contribution in [0.4, 0.5) is 4.79 Å². The summed E-state index contributed by atoms with van der Waals surface area (Å²) in [7, 11) is 0. The van der Waals surface area contributed by atoms with Crippen molar-refractivity contribution in [1.29, 1.82) is 0 Å². The van der Waals surface area contributed by atoms with E-state index in [9.17, 15) is 4.79 Å². The predicted molar refractivity (Wildman–Crippen MR) is 102 cm³/mol. The van der Waals surface area contributed by atoms with Crippen LogP contribution in [0.25, 0.3) is 5.69 Å². The van der Waals surface area contributed by atoms with Crippen LogP contribution in [-0.4, -0.2) is 14.6 Å². The second kappa shape index (κ2) is 8.04. The molecular formula is C18H18N4OS2. The number of aromatic nitrogens is 2. The number of rotatable bonds is 4. The normalized spacial score (nSPS) is 11.5. The van der Waals surface area contributed by atoms with Crippen LogP contribution >= 0.6 is 23.8 Å². The summed E-state index contributed by atoms with van der Waals surface area (Å²) in [6, 6.07) is 19.1. The number of hydrogen-bond acceptors (Lipinski definition) is 3. The van der Waals surface area contributed by atoms with E-state index in [4.69, 9.17) is 12.2 Å². The first kappa shape index (κ1) is 17.3. The quantitative estimate of drug-likeness (QED) is 0.708. The molecule has 1 heterocycles. The van der Waals surface area contributed by atoms with Gasteiger partial charge < -0.3 is 5.32 Å². The maximum Gasteiger partial charge on any atom is 0.343 e. The van der Waals surface area contributed by atoms with Crippen LogP contribution in [0.3, 0.4) is 0 Å². The third-order valence-electron chi connectivity index (χ3n) is 3.57. The standard InChI is InChI=1S/C18H18N4OS2/c1-2-21-18(24)22(15-11-7-4-8-12-15)17(25-21)20-16(23)19-13-14-9-5-3-6-10-14/h3-12H,2,13H2,1H3,(H,19,23). The Morgan fingerprint density at radius 1 is 1.12 bits per heavy atom. The Morgan fingerprint density at radius 3 is 2.40 bits per heavy atom. The Labute approximate surface area is 155 Å². The molecular weight excluding hydrogens is 352 g/mol. The van der Waals surface area contributed by atoms with Gasteiger partial charge in [-0.3, -0.25) is 8.52 Å². The summed E-state index contributed by atoms with van der Waals surface area (Å²) in [5.41, 5.74) is 1.92. The number of hydrogen-bond donors (Lipinski definition) is 1. The van der Waals surface area contributed by atoms with Crippen molar-refractivity contribution >= 4 is 29.8 Å². The molecule has 2 aromatic carbocycles. The maximum atomic E-state index is 12.3. The second-order valence-electron chi connectivity index (χ2n) is 5.28. The van der Waals surface area contributed by atoms with Gasteiger partial charge in [0, 0.05) is 13.1 Å².